The Bertz CT molecular complexity index is 258. The molecule has 0 spiro atoms. The maximum atomic E-state index is 11.8. The molecule has 0 amide bonds. The van der Waals surface area contributed by atoms with Crippen LogP contribution in [-0.4, -0.2) is 36.0 Å². The minimum absolute atomic E-state index is 0.0279. The van der Waals surface area contributed by atoms with E-state index in [1.54, 1.807) is 7.11 Å². The van der Waals surface area contributed by atoms with Gasteiger partial charge in [0, 0.05) is 18.9 Å². The molecule has 0 aromatic heterocycles. The summed E-state index contributed by atoms with van der Waals surface area (Å²) >= 11 is 3.31. The number of carbonyl (C=O) groups is 1. The van der Waals surface area contributed by atoms with Crippen molar-refractivity contribution in [3.8, 4) is 0 Å². The maximum absolute atomic E-state index is 11.8. The Balaban J connectivity index is 2.33. The van der Waals surface area contributed by atoms with Gasteiger partial charge in [-0.2, -0.15) is 0 Å². The first kappa shape index (κ1) is 9.37. The van der Waals surface area contributed by atoms with Crippen LogP contribution >= 0.6 is 15.9 Å². The SMILES string of the molecule is CO[C@]1(CBr)C(=O)C[C@H]2C=C[C@@H]1O2. The van der Waals surface area contributed by atoms with E-state index in [9.17, 15) is 4.79 Å². The van der Waals surface area contributed by atoms with Crippen LogP contribution in [0.2, 0.25) is 0 Å². The van der Waals surface area contributed by atoms with Crippen molar-refractivity contribution in [2.75, 3.05) is 12.4 Å². The van der Waals surface area contributed by atoms with Gasteiger partial charge in [0.1, 0.15) is 6.10 Å². The highest BCUT2D eigenvalue weighted by Crippen LogP contribution is 2.35. The van der Waals surface area contributed by atoms with Crippen molar-refractivity contribution in [2.24, 2.45) is 0 Å². The zero-order chi connectivity index (χ0) is 9.47. The molecule has 13 heavy (non-hydrogen) atoms. The number of rotatable bonds is 2. The van der Waals surface area contributed by atoms with Crippen molar-refractivity contribution in [2.45, 2.75) is 24.2 Å². The lowest BCUT2D eigenvalue weighted by molar-refractivity contribution is -0.168. The third-order valence-electron chi connectivity index (χ3n) is 2.70. The maximum Gasteiger partial charge on any atom is 0.171 e. The van der Waals surface area contributed by atoms with Gasteiger partial charge in [0.15, 0.2) is 11.4 Å². The Hall–Kier alpha value is -0.190. The van der Waals surface area contributed by atoms with Crippen molar-refractivity contribution in [3.05, 3.63) is 12.2 Å². The molecule has 2 aliphatic heterocycles. The largest absolute Gasteiger partial charge is 0.366 e. The Kier molecular flexibility index (Phi) is 2.30. The van der Waals surface area contributed by atoms with Gasteiger partial charge in [-0.15, -0.1) is 0 Å². The number of hydrogen-bond acceptors (Lipinski definition) is 3. The summed E-state index contributed by atoms with van der Waals surface area (Å²) in [6.07, 6.45) is 4.03. The first-order chi connectivity index (χ1) is 6.23. The molecule has 3 atom stereocenters. The van der Waals surface area contributed by atoms with Gasteiger partial charge < -0.3 is 9.47 Å². The average molecular weight is 247 g/mol. The molecule has 72 valence electrons. The normalized spacial score (nSPS) is 42.8. The summed E-state index contributed by atoms with van der Waals surface area (Å²) in [5, 5.41) is 0.483. The van der Waals surface area contributed by atoms with Gasteiger partial charge >= 0.3 is 0 Å². The summed E-state index contributed by atoms with van der Waals surface area (Å²) in [6, 6.07) is 0. The molecule has 0 aliphatic carbocycles. The van der Waals surface area contributed by atoms with Crippen LogP contribution in [0.5, 0.6) is 0 Å². The zero-order valence-corrected chi connectivity index (χ0v) is 8.91. The molecule has 0 aromatic rings. The van der Waals surface area contributed by atoms with E-state index in [0.29, 0.717) is 11.8 Å². The number of ketones is 1. The minimum atomic E-state index is -0.802. The van der Waals surface area contributed by atoms with Crippen LogP contribution in [0.15, 0.2) is 12.2 Å². The quantitative estimate of drug-likeness (QED) is 0.540. The smallest absolute Gasteiger partial charge is 0.171 e. The highest BCUT2D eigenvalue weighted by molar-refractivity contribution is 9.09. The van der Waals surface area contributed by atoms with Crippen LogP contribution in [-0.2, 0) is 14.3 Å². The van der Waals surface area contributed by atoms with Crippen molar-refractivity contribution < 1.29 is 14.3 Å². The van der Waals surface area contributed by atoms with Crippen LogP contribution < -0.4 is 0 Å². The summed E-state index contributed by atoms with van der Waals surface area (Å²) in [7, 11) is 1.55. The molecule has 3 nitrogen and oxygen atoms in total. The van der Waals surface area contributed by atoms with Crippen LogP contribution in [0, 0.1) is 0 Å². The number of ether oxygens (including phenoxy) is 2. The Morgan fingerprint density at radius 2 is 2.54 bits per heavy atom. The second-order valence-corrected chi connectivity index (χ2v) is 3.90. The minimum Gasteiger partial charge on any atom is -0.366 e. The number of alkyl halides is 1. The first-order valence-electron chi connectivity index (χ1n) is 4.21. The molecular formula is C9H11BrO3. The molecule has 2 aliphatic rings. The molecule has 1 saturated heterocycles. The lowest BCUT2D eigenvalue weighted by Gasteiger charge is -2.38. The number of hydrogen-bond donors (Lipinski definition) is 0. The summed E-state index contributed by atoms with van der Waals surface area (Å²) in [5.74, 6) is 0.123. The Labute approximate surface area is 85.2 Å². The summed E-state index contributed by atoms with van der Waals surface area (Å²) in [4.78, 5) is 11.8. The van der Waals surface area contributed by atoms with Crippen molar-refractivity contribution in [1.29, 1.82) is 0 Å². The molecule has 2 rings (SSSR count). The highest BCUT2D eigenvalue weighted by Gasteiger charge is 2.51. The van der Waals surface area contributed by atoms with Crippen LogP contribution in [0.1, 0.15) is 6.42 Å². The molecule has 0 aromatic carbocycles. The van der Waals surface area contributed by atoms with E-state index >= 15 is 0 Å². The topological polar surface area (TPSA) is 35.5 Å². The molecule has 0 N–H and O–H groups in total. The van der Waals surface area contributed by atoms with Gasteiger partial charge in [0.2, 0.25) is 0 Å². The highest BCUT2D eigenvalue weighted by atomic mass is 79.9. The fraction of sp³-hybridized carbons (Fsp3) is 0.667. The van der Waals surface area contributed by atoms with Gasteiger partial charge in [-0.25, -0.2) is 0 Å². The van der Waals surface area contributed by atoms with Gasteiger partial charge in [-0.05, 0) is 0 Å². The summed E-state index contributed by atoms with van der Waals surface area (Å²) in [6.45, 7) is 0. The average Bonchev–Trinajstić information content (AvgIpc) is 2.53. The van der Waals surface area contributed by atoms with E-state index in [2.05, 4.69) is 15.9 Å². The van der Waals surface area contributed by atoms with Crippen LogP contribution in [0.25, 0.3) is 0 Å². The fourth-order valence-electron chi connectivity index (χ4n) is 1.83. The number of methoxy groups -OCH3 is 1. The number of halogens is 1. The second kappa shape index (κ2) is 3.19. The molecular weight excluding hydrogens is 236 g/mol. The molecule has 1 fully saturated rings. The molecule has 0 radical (unpaired) electrons. The third-order valence-corrected chi connectivity index (χ3v) is 3.54. The van der Waals surface area contributed by atoms with Crippen LogP contribution in [0.3, 0.4) is 0 Å². The van der Waals surface area contributed by atoms with E-state index in [0.717, 1.165) is 0 Å². The first-order valence-corrected chi connectivity index (χ1v) is 5.33. The molecule has 4 heteroatoms. The molecule has 2 bridgehead atoms. The summed E-state index contributed by atoms with van der Waals surface area (Å²) in [5.41, 5.74) is -0.802. The zero-order valence-electron chi connectivity index (χ0n) is 7.33. The Morgan fingerprint density at radius 3 is 3.15 bits per heavy atom. The van der Waals surface area contributed by atoms with Gasteiger partial charge in [-0.3, -0.25) is 4.79 Å². The van der Waals surface area contributed by atoms with Crippen molar-refractivity contribution in [3.63, 3.8) is 0 Å². The van der Waals surface area contributed by atoms with Gasteiger partial charge in [0.05, 0.1) is 6.10 Å². The predicted molar refractivity (Wildman–Crippen MR) is 51.0 cm³/mol. The number of Topliss-reactive ketones (excluding diaryl/α,β-unsaturated/α-hetero) is 1. The van der Waals surface area contributed by atoms with Gasteiger partial charge in [0.25, 0.3) is 0 Å². The molecule has 0 saturated carbocycles. The van der Waals surface area contributed by atoms with E-state index in [4.69, 9.17) is 9.47 Å². The standard InChI is InChI=1S/C9H11BrO3/c1-12-9(5-10)7(11)4-6-2-3-8(9)13-6/h2-3,6,8H,4-5H2,1H3/t6-,8+,9-/m1/s1. The molecule has 0 unspecified atom stereocenters. The lowest BCUT2D eigenvalue weighted by Crippen LogP contribution is -2.56. The second-order valence-electron chi connectivity index (χ2n) is 3.33. The van der Waals surface area contributed by atoms with E-state index in [1.807, 2.05) is 12.2 Å². The van der Waals surface area contributed by atoms with Crippen LogP contribution in [0.4, 0.5) is 0 Å². The van der Waals surface area contributed by atoms with Crippen molar-refractivity contribution >= 4 is 21.7 Å². The Morgan fingerprint density at radius 1 is 1.77 bits per heavy atom. The predicted octanol–water partition coefficient (Wildman–Crippen LogP) is 1.06. The monoisotopic (exact) mass is 246 g/mol. The number of fused-ring (bicyclic) bond motifs is 2. The number of carbonyl (C=O) groups excluding carboxylic acids is 1. The van der Waals surface area contributed by atoms with E-state index in [1.165, 1.54) is 0 Å². The summed E-state index contributed by atoms with van der Waals surface area (Å²) < 4.78 is 10.9. The fourth-order valence-corrected chi connectivity index (χ4v) is 2.70. The lowest BCUT2D eigenvalue weighted by atomic mass is 9.90. The third kappa shape index (κ3) is 1.20. The van der Waals surface area contributed by atoms with E-state index < -0.39 is 5.60 Å². The molecule has 2 heterocycles. The van der Waals surface area contributed by atoms with Crippen molar-refractivity contribution in [1.82, 2.24) is 0 Å². The van der Waals surface area contributed by atoms with E-state index in [-0.39, 0.29) is 18.0 Å². The van der Waals surface area contributed by atoms with Gasteiger partial charge in [-0.1, -0.05) is 28.1 Å².